The largest absolute Gasteiger partial charge is 0.365 e. The molecule has 0 N–H and O–H groups in total. The van der Waals surface area contributed by atoms with Gasteiger partial charge in [0.1, 0.15) is 5.69 Å². The summed E-state index contributed by atoms with van der Waals surface area (Å²) < 4.78 is 0. The van der Waals surface area contributed by atoms with Crippen molar-refractivity contribution < 1.29 is 4.79 Å². The molecule has 0 saturated carbocycles. The van der Waals surface area contributed by atoms with E-state index in [9.17, 15) is 4.79 Å². The third-order valence-corrected chi connectivity index (χ3v) is 4.37. The van der Waals surface area contributed by atoms with Crippen molar-refractivity contribution in [1.82, 2.24) is 19.9 Å². The molecule has 1 unspecified atom stereocenters. The Labute approximate surface area is 140 Å². The smallest absolute Gasteiger partial charge is 0.222 e. The Hall–Kier alpha value is -2.08. The zero-order chi connectivity index (χ0) is 16.6. The molecule has 1 aliphatic rings. The van der Waals surface area contributed by atoms with E-state index in [1.54, 1.807) is 37.0 Å². The number of aryl methyl sites for hydroxylation is 1. The molecule has 6 nitrogen and oxygen atoms in total. The molecule has 122 valence electrons. The first-order valence-electron chi connectivity index (χ1n) is 7.54. The van der Waals surface area contributed by atoms with E-state index in [2.05, 4.69) is 15.1 Å². The minimum Gasteiger partial charge on any atom is -0.365 e. The monoisotopic (exact) mass is 333 g/mol. The van der Waals surface area contributed by atoms with Crippen molar-refractivity contribution in [2.45, 2.75) is 18.9 Å². The highest BCUT2D eigenvalue weighted by Crippen LogP contribution is 2.40. The Morgan fingerprint density at radius 2 is 2.22 bits per heavy atom. The highest BCUT2D eigenvalue weighted by molar-refractivity contribution is 6.30. The number of carbonyl (C=O) groups excluding carboxylic acids is 1. The minimum atomic E-state index is 0.127. The predicted octanol–water partition coefficient (Wildman–Crippen LogP) is 2.05. The van der Waals surface area contributed by atoms with Crippen LogP contribution >= 0.6 is 11.6 Å². The van der Waals surface area contributed by atoms with E-state index in [4.69, 9.17) is 11.6 Å². The molecule has 0 saturated heterocycles. The molecule has 2 aromatic rings. The van der Waals surface area contributed by atoms with Gasteiger partial charge in [-0.05, 0) is 23.8 Å². The maximum Gasteiger partial charge on any atom is 0.222 e. The number of hydrogen-bond acceptors (Lipinski definition) is 4. The molecule has 2 heterocycles. The van der Waals surface area contributed by atoms with E-state index in [1.807, 2.05) is 18.2 Å². The van der Waals surface area contributed by atoms with Gasteiger partial charge in [0.05, 0.1) is 12.7 Å². The first kappa shape index (κ1) is 15.8. The van der Waals surface area contributed by atoms with Gasteiger partial charge >= 0.3 is 0 Å². The third kappa shape index (κ3) is 3.32. The number of nitrogens with zero attached hydrogens (tertiary/aromatic N) is 5. The summed E-state index contributed by atoms with van der Waals surface area (Å²) in [7, 11) is 5.38. The van der Waals surface area contributed by atoms with Gasteiger partial charge in [0.25, 0.3) is 0 Å². The van der Waals surface area contributed by atoms with Crippen LogP contribution in [-0.2, 0) is 18.4 Å². The van der Waals surface area contributed by atoms with E-state index in [1.165, 1.54) is 0 Å². The number of amides is 1. The van der Waals surface area contributed by atoms with Gasteiger partial charge in [0.15, 0.2) is 0 Å². The second-order valence-corrected chi connectivity index (χ2v) is 6.53. The standard InChI is InChI=1S/C16H20ClN5O/c1-20(2)16(23)6-11-9-22(10-13-8-18-21(3)19-13)15-5-4-12(17)7-14(11)15/h4-5,7-8,11H,6,9-10H2,1-3H3. The van der Waals surface area contributed by atoms with Crippen molar-refractivity contribution in [3.05, 3.63) is 40.7 Å². The first-order chi connectivity index (χ1) is 10.9. The Balaban J connectivity index is 1.85. The molecule has 1 amide bonds. The summed E-state index contributed by atoms with van der Waals surface area (Å²) in [6.07, 6.45) is 2.26. The third-order valence-electron chi connectivity index (χ3n) is 4.13. The predicted molar refractivity (Wildman–Crippen MR) is 89.6 cm³/mol. The van der Waals surface area contributed by atoms with Crippen LogP contribution in [0.15, 0.2) is 24.4 Å². The van der Waals surface area contributed by atoms with E-state index in [-0.39, 0.29) is 11.8 Å². The average molecular weight is 334 g/mol. The summed E-state index contributed by atoms with van der Waals surface area (Å²) in [5, 5.41) is 9.16. The quantitative estimate of drug-likeness (QED) is 0.859. The van der Waals surface area contributed by atoms with Gasteiger partial charge in [0, 0.05) is 50.7 Å². The lowest BCUT2D eigenvalue weighted by Gasteiger charge is -2.19. The lowest BCUT2D eigenvalue weighted by atomic mass is 9.97. The molecule has 1 aromatic carbocycles. The van der Waals surface area contributed by atoms with Gasteiger partial charge in [-0.15, -0.1) is 0 Å². The zero-order valence-electron chi connectivity index (χ0n) is 13.5. The maximum absolute atomic E-state index is 12.1. The summed E-state index contributed by atoms with van der Waals surface area (Å²) in [6, 6.07) is 5.88. The van der Waals surface area contributed by atoms with E-state index < -0.39 is 0 Å². The molecular formula is C16H20ClN5O. The topological polar surface area (TPSA) is 54.3 Å². The van der Waals surface area contributed by atoms with Crippen molar-refractivity contribution in [2.75, 3.05) is 25.5 Å². The van der Waals surface area contributed by atoms with Gasteiger partial charge in [-0.25, -0.2) is 0 Å². The van der Waals surface area contributed by atoms with E-state index in [0.29, 0.717) is 18.0 Å². The minimum absolute atomic E-state index is 0.127. The molecule has 3 rings (SSSR count). The fourth-order valence-electron chi connectivity index (χ4n) is 2.98. The van der Waals surface area contributed by atoms with Crippen molar-refractivity contribution in [3.8, 4) is 0 Å². The highest BCUT2D eigenvalue weighted by atomic mass is 35.5. The van der Waals surface area contributed by atoms with Crippen LogP contribution in [0, 0.1) is 0 Å². The van der Waals surface area contributed by atoms with Crippen molar-refractivity contribution in [2.24, 2.45) is 7.05 Å². The molecular weight excluding hydrogens is 314 g/mol. The van der Waals surface area contributed by atoms with Gasteiger partial charge in [0.2, 0.25) is 5.91 Å². The van der Waals surface area contributed by atoms with Gasteiger partial charge < -0.3 is 9.80 Å². The Kier molecular flexibility index (Phi) is 4.26. The van der Waals surface area contributed by atoms with E-state index >= 15 is 0 Å². The molecule has 0 bridgehead atoms. The van der Waals surface area contributed by atoms with E-state index in [0.717, 1.165) is 23.5 Å². The van der Waals surface area contributed by atoms with Crippen LogP contribution in [0.25, 0.3) is 0 Å². The van der Waals surface area contributed by atoms with Crippen LogP contribution in [0.3, 0.4) is 0 Å². The molecule has 1 aliphatic heterocycles. The van der Waals surface area contributed by atoms with Crippen LogP contribution in [0.2, 0.25) is 5.02 Å². The number of anilines is 1. The van der Waals surface area contributed by atoms with Crippen LogP contribution < -0.4 is 4.90 Å². The molecule has 1 aromatic heterocycles. The number of aromatic nitrogens is 3. The fourth-order valence-corrected chi connectivity index (χ4v) is 3.16. The molecule has 0 radical (unpaired) electrons. The summed E-state index contributed by atoms with van der Waals surface area (Å²) in [4.78, 5) is 17.5. The maximum atomic E-state index is 12.1. The van der Waals surface area contributed by atoms with Crippen molar-refractivity contribution >= 4 is 23.2 Å². The lowest BCUT2D eigenvalue weighted by Crippen LogP contribution is -2.26. The van der Waals surface area contributed by atoms with Gasteiger partial charge in [-0.1, -0.05) is 11.6 Å². The van der Waals surface area contributed by atoms with Crippen LogP contribution in [-0.4, -0.2) is 46.4 Å². The zero-order valence-corrected chi connectivity index (χ0v) is 14.3. The van der Waals surface area contributed by atoms with Crippen LogP contribution in [0.5, 0.6) is 0 Å². The van der Waals surface area contributed by atoms with Gasteiger partial charge in [-0.3, -0.25) is 4.79 Å². The normalized spacial score (nSPS) is 16.5. The highest BCUT2D eigenvalue weighted by Gasteiger charge is 2.31. The second kappa shape index (κ2) is 6.20. The second-order valence-electron chi connectivity index (χ2n) is 6.10. The number of rotatable bonds is 4. The fraction of sp³-hybridized carbons (Fsp3) is 0.438. The lowest BCUT2D eigenvalue weighted by molar-refractivity contribution is -0.129. The van der Waals surface area contributed by atoms with Gasteiger partial charge in [-0.2, -0.15) is 15.0 Å². The first-order valence-corrected chi connectivity index (χ1v) is 7.91. The molecule has 0 aliphatic carbocycles. The van der Waals surface area contributed by atoms with Crippen LogP contribution in [0.1, 0.15) is 23.6 Å². The number of benzene rings is 1. The number of carbonyl (C=O) groups is 1. The summed E-state index contributed by atoms with van der Waals surface area (Å²) in [5.41, 5.74) is 3.17. The number of fused-ring (bicyclic) bond motifs is 1. The number of hydrogen-bond donors (Lipinski definition) is 0. The molecule has 0 spiro atoms. The van der Waals surface area contributed by atoms with Crippen molar-refractivity contribution in [1.29, 1.82) is 0 Å². The molecule has 1 atom stereocenters. The Bertz CT molecular complexity index is 727. The SMILES string of the molecule is CN(C)C(=O)CC1CN(Cc2cnn(C)n2)c2ccc(Cl)cc21. The summed E-state index contributed by atoms with van der Waals surface area (Å²) >= 11 is 6.16. The van der Waals surface area contributed by atoms with Crippen molar-refractivity contribution in [3.63, 3.8) is 0 Å². The van der Waals surface area contributed by atoms with Crippen LogP contribution in [0.4, 0.5) is 5.69 Å². The summed E-state index contributed by atoms with van der Waals surface area (Å²) in [6.45, 7) is 1.46. The number of halogens is 1. The molecule has 23 heavy (non-hydrogen) atoms. The average Bonchev–Trinajstić information content (AvgIpc) is 3.04. The Morgan fingerprint density at radius 3 is 2.87 bits per heavy atom. The molecule has 0 fully saturated rings. The summed E-state index contributed by atoms with van der Waals surface area (Å²) in [5.74, 6) is 0.276. The Morgan fingerprint density at radius 1 is 1.43 bits per heavy atom. The molecule has 7 heteroatoms.